The summed E-state index contributed by atoms with van der Waals surface area (Å²) in [5, 5.41) is 0. The molecule has 1 heterocycles. The minimum Gasteiger partial charge on any atom is -0.497 e. The molecule has 1 aromatic carbocycles. The second-order valence-corrected chi connectivity index (χ2v) is 6.28. The zero-order valence-corrected chi connectivity index (χ0v) is 13.5. The number of ether oxygens (including phenoxy) is 1. The molecule has 21 heavy (non-hydrogen) atoms. The van der Waals surface area contributed by atoms with Gasteiger partial charge in [-0.2, -0.15) is 0 Å². The van der Waals surface area contributed by atoms with Gasteiger partial charge in [-0.05, 0) is 31.2 Å². The first-order chi connectivity index (χ1) is 10.0. The summed E-state index contributed by atoms with van der Waals surface area (Å²) in [5.41, 5.74) is 6.85. The van der Waals surface area contributed by atoms with Crippen LogP contribution in [-0.4, -0.2) is 24.5 Å². The van der Waals surface area contributed by atoms with Crippen LogP contribution in [0.4, 0.5) is 5.69 Å². The van der Waals surface area contributed by atoms with Gasteiger partial charge in [0.2, 0.25) is 0 Å². The number of hydrogen-bond donors (Lipinski definition) is 1. The summed E-state index contributed by atoms with van der Waals surface area (Å²) in [6, 6.07) is 8.85. The Balaban J connectivity index is 2.19. The van der Waals surface area contributed by atoms with Crippen molar-refractivity contribution in [3.05, 3.63) is 45.1 Å². The second kappa shape index (κ2) is 6.83. The van der Waals surface area contributed by atoms with Crippen LogP contribution in [0.15, 0.2) is 30.3 Å². The lowest BCUT2D eigenvalue weighted by Gasteiger charge is -2.21. The number of nitrogens with zero attached hydrogens (tertiary/aromatic N) is 1. The highest BCUT2D eigenvalue weighted by Gasteiger charge is 2.18. The Hall–Kier alpha value is -1.72. The number of methoxy groups -OCH3 is 1. The lowest BCUT2D eigenvalue weighted by atomic mass is 10.1. The molecular weight excluding hydrogens is 308 g/mol. The number of hydrogen-bond acceptors (Lipinski definition) is 4. The zero-order valence-electron chi connectivity index (χ0n) is 11.9. The van der Waals surface area contributed by atoms with Crippen molar-refractivity contribution < 1.29 is 9.53 Å². The van der Waals surface area contributed by atoms with Crippen molar-refractivity contribution in [3.63, 3.8) is 0 Å². The number of amides is 1. The van der Waals surface area contributed by atoms with Gasteiger partial charge in [0.15, 0.2) is 0 Å². The fourth-order valence-electron chi connectivity index (χ4n) is 1.98. The molecule has 4 nitrogen and oxygen atoms in total. The largest absolute Gasteiger partial charge is 0.497 e. The van der Waals surface area contributed by atoms with Crippen molar-refractivity contribution in [2.45, 2.75) is 13.5 Å². The number of thiophene rings is 1. The fraction of sp³-hybridized carbons (Fsp3) is 0.267. The van der Waals surface area contributed by atoms with E-state index in [4.69, 9.17) is 22.1 Å². The van der Waals surface area contributed by atoms with E-state index < -0.39 is 0 Å². The van der Waals surface area contributed by atoms with Gasteiger partial charge < -0.3 is 15.4 Å². The number of nitrogen functional groups attached to an aromatic ring is 1. The van der Waals surface area contributed by atoms with E-state index in [0.717, 1.165) is 9.21 Å². The first-order valence-corrected chi connectivity index (χ1v) is 7.71. The quantitative estimate of drug-likeness (QED) is 0.854. The van der Waals surface area contributed by atoms with Gasteiger partial charge in [-0.1, -0.05) is 11.6 Å². The molecule has 1 aromatic heterocycles. The highest BCUT2D eigenvalue weighted by molar-refractivity contribution is 7.16. The molecule has 0 saturated heterocycles. The van der Waals surface area contributed by atoms with Crippen LogP contribution in [0, 0.1) is 0 Å². The number of nitrogens with two attached hydrogens (primary N) is 1. The minimum atomic E-state index is -0.0952. The van der Waals surface area contributed by atoms with Gasteiger partial charge in [0.25, 0.3) is 5.91 Å². The molecule has 0 bridgehead atoms. The average Bonchev–Trinajstić information content (AvgIpc) is 2.89. The molecule has 0 aliphatic heterocycles. The van der Waals surface area contributed by atoms with Gasteiger partial charge in [-0.25, -0.2) is 0 Å². The molecule has 1 amide bonds. The predicted molar refractivity (Wildman–Crippen MR) is 87.1 cm³/mol. The highest BCUT2D eigenvalue weighted by Crippen LogP contribution is 2.25. The van der Waals surface area contributed by atoms with E-state index in [9.17, 15) is 4.79 Å². The van der Waals surface area contributed by atoms with Crippen molar-refractivity contribution in [3.8, 4) is 5.75 Å². The summed E-state index contributed by atoms with van der Waals surface area (Å²) in [6.45, 7) is 3.06. The van der Waals surface area contributed by atoms with E-state index in [0.29, 0.717) is 30.1 Å². The van der Waals surface area contributed by atoms with Gasteiger partial charge in [-0.15, -0.1) is 11.3 Å². The monoisotopic (exact) mass is 324 g/mol. The molecular formula is C15H17ClN2O2S. The lowest BCUT2D eigenvalue weighted by molar-refractivity contribution is 0.0755. The van der Waals surface area contributed by atoms with Gasteiger partial charge in [0.05, 0.1) is 23.6 Å². The normalized spacial score (nSPS) is 10.4. The van der Waals surface area contributed by atoms with Crippen LogP contribution in [0.2, 0.25) is 4.34 Å². The van der Waals surface area contributed by atoms with Gasteiger partial charge in [0, 0.05) is 23.2 Å². The van der Waals surface area contributed by atoms with Crippen LogP contribution in [0.25, 0.3) is 0 Å². The zero-order chi connectivity index (χ0) is 15.4. The van der Waals surface area contributed by atoms with Gasteiger partial charge >= 0.3 is 0 Å². The molecule has 0 fully saturated rings. The lowest BCUT2D eigenvalue weighted by Crippen LogP contribution is -2.30. The third-order valence-corrected chi connectivity index (χ3v) is 4.35. The maximum Gasteiger partial charge on any atom is 0.256 e. The van der Waals surface area contributed by atoms with Crippen molar-refractivity contribution in [2.24, 2.45) is 0 Å². The summed E-state index contributed by atoms with van der Waals surface area (Å²) in [4.78, 5) is 15.4. The van der Waals surface area contributed by atoms with E-state index >= 15 is 0 Å². The Bertz CT molecular complexity index is 642. The third-order valence-electron chi connectivity index (χ3n) is 3.13. The van der Waals surface area contributed by atoms with Crippen LogP contribution in [0.1, 0.15) is 22.2 Å². The number of anilines is 1. The number of halogens is 1. The minimum absolute atomic E-state index is 0.0952. The number of rotatable bonds is 5. The fourth-order valence-corrected chi connectivity index (χ4v) is 3.09. The van der Waals surface area contributed by atoms with Crippen molar-refractivity contribution in [1.82, 2.24) is 4.90 Å². The second-order valence-electron chi connectivity index (χ2n) is 4.48. The van der Waals surface area contributed by atoms with Crippen molar-refractivity contribution >= 4 is 34.5 Å². The Morgan fingerprint density at radius 2 is 2.14 bits per heavy atom. The topological polar surface area (TPSA) is 55.6 Å². The molecule has 2 aromatic rings. The standard InChI is InChI=1S/C15H17ClN2O2S/c1-3-18(9-11-5-7-14(16)21-11)15(19)12-6-4-10(20-2)8-13(12)17/h4-8H,3,9,17H2,1-2H3. The van der Waals surface area contributed by atoms with E-state index in [2.05, 4.69) is 0 Å². The molecule has 0 aliphatic rings. The number of carbonyl (C=O) groups excluding carboxylic acids is 1. The smallest absolute Gasteiger partial charge is 0.256 e. The summed E-state index contributed by atoms with van der Waals surface area (Å²) in [6.07, 6.45) is 0. The first kappa shape index (κ1) is 15.7. The first-order valence-electron chi connectivity index (χ1n) is 6.52. The van der Waals surface area contributed by atoms with E-state index in [-0.39, 0.29) is 5.91 Å². The summed E-state index contributed by atoms with van der Waals surface area (Å²) >= 11 is 7.40. The molecule has 2 rings (SSSR count). The molecule has 0 aliphatic carbocycles. The molecule has 0 radical (unpaired) electrons. The van der Waals surface area contributed by atoms with Crippen LogP contribution in [-0.2, 0) is 6.54 Å². The summed E-state index contributed by atoms with van der Waals surface area (Å²) in [5.74, 6) is 0.541. The predicted octanol–water partition coefficient (Wildman–Crippen LogP) is 3.65. The van der Waals surface area contributed by atoms with Crippen LogP contribution in [0.3, 0.4) is 0 Å². The SMILES string of the molecule is CCN(Cc1ccc(Cl)s1)C(=O)c1ccc(OC)cc1N. The summed E-state index contributed by atoms with van der Waals surface area (Å²) in [7, 11) is 1.56. The van der Waals surface area contributed by atoms with E-state index in [1.165, 1.54) is 11.3 Å². The molecule has 0 saturated carbocycles. The Labute approximate surface area is 133 Å². The van der Waals surface area contributed by atoms with Crippen molar-refractivity contribution in [2.75, 3.05) is 19.4 Å². The average molecular weight is 325 g/mol. The summed E-state index contributed by atoms with van der Waals surface area (Å²) < 4.78 is 5.82. The van der Waals surface area contributed by atoms with Crippen LogP contribution < -0.4 is 10.5 Å². The van der Waals surface area contributed by atoms with E-state index in [1.54, 1.807) is 30.2 Å². The molecule has 112 valence electrons. The van der Waals surface area contributed by atoms with Crippen molar-refractivity contribution in [1.29, 1.82) is 0 Å². The Morgan fingerprint density at radius 3 is 2.67 bits per heavy atom. The Morgan fingerprint density at radius 1 is 1.38 bits per heavy atom. The van der Waals surface area contributed by atoms with Gasteiger partial charge in [-0.3, -0.25) is 4.79 Å². The third kappa shape index (κ3) is 3.68. The molecule has 6 heteroatoms. The van der Waals surface area contributed by atoms with Gasteiger partial charge in [0.1, 0.15) is 5.75 Å². The van der Waals surface area contributed by atoms with Crippen LogP contribution in [0.5, 0.6) is 5.75 Å². The van der Waals surface area contributed by atoms with E-state index in [1.807, 2.05) is 19.1 Å². The highest BCUT2D eigenvalue weighted by atomic mass is 35.5. The van der Waals surface area contributed by atoms with Crippen LogP contribution >= 0.6 is 22.9 Å². The maximum atomic E-state index is 12.6. The maximum absolute atomic E-state index is 12.6. The number of carbonyl (C=O) groups is 1. The number of benzene rings is 1. The molecule has 0 unspecified atom stereocenters. The molecule has 2 N–H and O–H groups in total. The molecule has 0 spiro atoms. The Kier molecular flexibility index (Phi) is 5.09. The molecule has 0 atom stereocenters.